The first-order chi connectivity index (χ1) is 13.6. The third kappa shape index (κ3) is 5.81. The molecule has 28 heavy (non-hydrogen) atoms. The lowest BCUT2D eigenvalue weighted by Gasteiger charge is -2.16. The first-order valence-electron chi connectivity index (χ1n) is 9.54. The Labute approximate surface area is 186 Å². The zero-order chi connectivity index (χ0) is 19.9. The molecule has 0 heterocycles. The van der Waals surface area contributed by atoms with Gasteiger partial charge in [0.15, 0.2) is 0 Å². The van der Waals surface area contributed by atoms with Gasteiger partial charge in [-0.3, -0.25) is 0 Å². The third-order valence-corrected chi connectivity index (χ3v) is 7.08. The maximum Gasteiger partial charge on any atom is 0.0607 e. The fraction of sp³-hybridized carbons (Fsp3) is 0.304. The van der Waals surface area contributed by atoms with Crippen molar-refractivity contribution in [2.45, 2.75) is 37.1 Å². The number of benzene rings is 3. The van der Waals surface area contributed by atoms with E-state index in [2.05, 4.69) is 54.7 Å². The van der Waals surface area contributed by atoms with Crippen LogP contribution in [0.4, 0.5) is 0 Å². The molecule has 0 aliphatic heterocycles. The van der Waals surface area contributed by atoms with Crippen molar-refractivity contribution in [3.8, 4) is 0 Å². The molecule has 3 aromatic rings. The minimum absolute atomic E-state index is 0.343. The Balaban J connectivity index is 1.38. The molecule has 148 valence electrons. The van der Waals surface area contributed by atoms with E-state index in [0.29, 0.717) is 21.1 Å². The monoisotopic (exact) mass is 451 g/mol. The van der Waals surface area contributed by atoms with E-state index in [9.17, 15) is 0 Å². The van der Waals surface area contributed by atoms with Gasteiger partial charge in [0.1, 0.15) is 0 Å². The van der Waals surface area contributed by atoms with Gasteiger partial charge >= 0.3 is 0 Å². The van der Waals surface area contributed by atoms with E-state index in [1.807, 2.05) is 6.07 Å². The van der Waals surface area contributed by atoms with Crippen LogP contribution in [-0.4, -0.2) is 12.3 Å². The van der Waals surface area contributed by atoms with Gasteiger partial charge in [0, 0.05) is 10.9 Å². The van der Waals surface area contributed by atoms with Gasteiger partial charge in [-0.25, -0.2) is 0 Å². The molecule has 3 rings (SSSR count). The molecule has 0 unspecified atom stereocenters. The number of fused-ring (bicyclic) bond motifs is 1. The lowest BCUT2D eigenvalue weighted by molar-refractivity contribution is 0.547. The van der Waals surface area contributed by atoms with Crippen LogP contribution in [0.25, 0.3) is 10.8 Å². The molecule has 0 radical (unpaired) electrons. The van der Waals surface area contributed by atoms with Gasteiger partial charge in [-0.1, -0.05) is 83.7 Å². The standard InChI is InChI=1S/C23H24Cl3NS/c1-16(18-11-7-9-17-8-3-4-10-19(17)18)27-12-5-2-6-13-28-23-15-21(25)20(24)14-22(23)26/h3-4,7-11,14-16,27H,2,5-6,12-13H2,1H3/t16-/m1/s1. The quantitative estimate of drug-likeness (QED) is 0.199. The maximum atomic E-state index is 6.22. The summed E-state index contributed by atoms with van der Waals surface area (Å²) in [6.07, 6.45) is 3.48. The van der Waals surface area contributed by atoms with Gasteiger partial charge < -0.3 is 5.32 Å². The molecule has 1 atom stereocenters. The number of thioether (sulfide) groups is 1. The van der Waals surface area contributed by atoms with Crippen molar-refractivity contribution in [1.29, 1.82) is 0 Å². The van der Waals surface area contributed by atoms with Crippen LogP contribution in [0.15, 0.2) is 59.5 Å². The summed E-state index contributed by atoms with van der Waals surface area (Å²) in [6, 6.07) is 19.0. The van der Waals surface area contributed by atoms with Crippen LogP contribution in [0.1, 0.15) is 37.8 Å². The van der Waals surface area contributed by atoms with Gasteiger partial charge in [0.25, 0.3) is 0 Å². The molecule has 0 fully saturated rings. The molecule has 1 N–H and O–H groups in total. The number of rotatable bonds is 9. The summed E-state index contributed by atoms with van der Waals surface area (Å²) in [5.74, 6) is 1.02. The molecule has 0 saturated carbocycles. The number of nitrogens with one attached hydrogen (secondary N) is 1. The minimum atomic E-state index is 0.343. The molecule has 0 aliphatic carbocycles. The van der Waals surface area contributed by atoms with E-state index in [0.717, 1.165) is 30.0 Å². The molecule has 0 spiro atoms. The van der Waals surface area contributed by atoms with Crippen LogP contribution >= 0.6 is 46.6 Å². The summed E-state index contributed by atoms with van der Waals surface area (Å²) in [5.41, 5.74) is 1.36. The number of hydrogen-bond acceptors (Lipinski definition) is 2. The maximum absolute atomic E-state index is 6.22. The van der Waals surface area contributed by atoms with Gasteiger partial charge in [0.2, 0.25) is 0 Å². The van der Waals surface area contributed by atoms with Crippen LogP contribution in [0.2, 0.25) is 15.1 Å². The predicted octanol–water partition coefficient (Wildman–Crippen LogP) is 8.41. The zero-order valence-corrected chi connectivity index (χ0v) is 18.9. The van der Waals surface area contributed by atoms with Crippen molar-refractivity contribution in [3.05, 3.63) is 75.2 Å². The lowest BCUT2D eigenvalue weighted by atomic mass is 9.99. The molecule has 0 amide bonds. The molecule has 0 saturated heterocycles. The van der Waals surface area contributed by atoms with Crippen LogP contribution in [0, 0.1) is 0 Å². The normalized spacial score (nSPS) is 12.4. The second-order valence-electron chi connectivity index (χ2n) is 6.85. The highest BCUT2D eigenvalue weighted by Gasteiger charge is 2.09. The molecular formula is C23H24Cl3NS. The van der Waals surface area contributed by atoms with Crippen LogP contribution < -0.4 is 5.32 Å². The predicted molar refractivity (Wildman–Crippen MR) is 126 cm³/mol. The zero-order valence-electron chi connectivity index (χ0n) is 15.9. The van der Waals surface area contributed by atoms with E-state index < -0.39 is 0 Å². The fourth-order valence-electron chi connectivity index (χ4n) is 3.26. The molecule has 0 aromatic heterocycles. The fourth-order valence-corrected chi connectivity index (χ4v) is 5.00. The molecular weight excluding hydrogens is 429 g/mol. The van der Waals surface area contributed by atoms with Crippen molar-refractivity contribution in [2.75, 3.05) is 12.3 Å². The van der Waals surface area contributed by atoms with E-state index >= 15 is 0 Å². The second kappa shape index (κ2) is 10.8. The Morgan fingerprint density at radius 2 is 1.61 bits per heavy atom. The van der Waals surface area contributed by atoms with Crippen molar-refractivity contribution in [2.24, 2.45) is 0 Å². The number of hydrogen-bond donors (Lipinski definition) is 1. The topological polar surface area (TPSA) is 12.0 Å². The Morgan fingerprint density at radius 3 is 2.46 bits per heavy atom. The lowest BCUT2D eigenvalue weighted by Crippen LogP contribution is -2.20. The molecule has 5 heteroatoms. The summed E-state index contributed by atoms with van der Waals surface area (Å²) in [6.45, 7) is 3.26. The minimum Gasteiger partial charge on any atom is -0.310 e. The highest BCUT2D eigenvalue weighted by Crippen LogP contribution is 2.35. The largest absolute Gasteiger partial charge is 0.310 e. The second-order valence-corrected chi connectivity index (χ2v) is 9.21. The van der Waals surface area contributed by atoms with E-state index in [1.165, 1.54) is 22.8 Å². The van der Waals surface area contributed by atoms with E-state index in [1.54, 1.807) is 17.8 Å². The first-order valence-corrected chi connectivity index (χ1v) is 11.7. The summed E-state index contributed by atoms with van der Waals surface area (Å²) < 4.78 is 0. The summed E-state index contributed by atoms with van der Waals surface area (Å²) in [7, 11) is 0. The highest BCUT2D eigenvalue weighted by molar-refractivity contribution is 7.99. The van der Waals surface area contributed by atoms with Crippen molar-refractivity contribution in [1.82, 2.24) is 5.32 Å². The van der Waals surface area contributed by atoms with Crippen molar-refractivity contribution in [3.63, 3.8) is 0 Å². The average Bonchev–Trinajstić information content (AvgIpc) is 2.70. The summed E-state index contributed by atoms with van der Waals surface area (Å²) in [5, 5.41) is 8.02. The summed E-state index contributed by atoms with van der Waals surface area (Å²) >= 11 is 20.0. The Hall–Kier alpha value is -0.900. The molecule has 3 aromatic carbocycles. The van der Waals surface area contributed by atoms with Gasteiger partial charge in [-0.05, 0) is 60.5 Å². The molecule has 1 nitrogen and oxygen atoms in total. The van der Waals surface area contributed by atoms with Crippen LogP contribution in [0.5, 0.6) is 0 Å². The van der Waals surface area contributed by atoms with Crippen molar-refractivity contribution >= 4 is 57.3 Å². The molecule has 0 bridgehead atoms. The van der Waals surface area contributed by atoms with E-state index in [-0.39, 0.29) is 0 Å². The number of halogens is 3. The van der Waals surface area contributed by atoms with E-state index in [4.69, 9.17) is 34.8 Å². The Kier molecular flexibility index (Phi) is 8.37. The van der Waals surface area contributed by atoms with Gasteiger partial charge in [-0.15, -0.1) is 11.8 Å². The van der Waals surface area contributed by atoms with Crippen LogP contribution in [-0.2, 0) is 0 Å². The first kappa shape index (κ1) is 21.8. The third-order valence-electron chi connectivity index (χ3n) is 4.79. The number of unbranched alkanes of at least 4 members (excludes halogenated alkanes) is 2. The van der Waals surface area contributed by atoms with Gasteiger partial charge in [0.05, 0.1) is 15.1 Å². The van der Waals surface area contributed by atoms with Gasteiger partial charge in [-0.2, -0.15) is 0 Å². The van der Waals surface area contributed by atoms with Crippen LogP contribution in [0.3, 0.4) is 0 Å². The van der Waals surface area contributed by atoms with Crippen molar-refractivity contribution < 1.29 is 0 Å². The Bertz CT molecular complexity index is 924. The average molecular weight is 453 g/mol. The SMILES string of the molecule is C[C@@H](NCCCCCSc1cc(Cl)c(Cl)cc1Cl)c1cccc2ccccc12. The summed E-state index contributed by atoms with van der Waals surface area (Å²) in [4.78, 5) is 0.999. The molecule has 0 aliphatic rings. The smallest absolute Gasteiger partial charge is 0.0607 e. The highest BCUT2D eigenvalue weighted by atomic mass is 35.5. The Morgan fingerprint density at radius 1 is 0.857 bits per heavy atom.